The van der Waals surface area contributed by atoms with Gasteiger partial charge in [0.2, 0.25) is 5.95 Å². The third-order valence-electron chi connectivity index (χ3n) is 3.59. The number of aromatic amines is 1. The van der Waals surface area contributed by atoms with Gasteiger partial charge in [-0.3, -0.25) is 9.89 Å². The molecule has 7 heteroatoms. The van der Waals surface area contributed by atoms with Gasteiger partial charge in [-0.15, -0.1) is 0 Å². The lowest BCUT2D eigenvalue weighted by Crippen LogP contribution is -2.33. The molecule has 3 rings (SSSR count). The van der Waals surface area contributed by atoms with Crippen molar-refractivity contribution in [1.29, 1.82) is 0 Å². The minimum Gasteiger partial charge on any atom is -0.343 e. The molecule has 110 valence electrons. The van der Waals surface area contributed by atoms with Crippen molar-refractivity contribution in [2.75, 3.05) is 25.5 Å². The van der Waals surface area contributed by atoms with Crippen LogP contribution in [0.15, 0.2) is 12.4 Å². The lowest BCUT2D eigenvalue weighted by molar-refractivity contribution is 0.0821. The Balaban J connectivity index is 1.89. The Morgan fingerprint density at radius 1 is 1.33 bits per heavy atom. The van der Waals surface area contributed by atoms with E-state index in [0.29, 0.717) is 18.2 Å². The van der Waals surface area contributed by atoms with E-state index in [9.17, 15) is 4.79 Å². The zero-order chi connectivity index (χ0) is 15.0. The number of aryl methyl sites for hydroxylation is 1. The highest BCUT2D eigenvalue weighted by atomic mass is 16.2. The van der Waals surface area contributed by atoms with Gasteiger partial charge in [0.25, 0.3) is 5.91 Å². The van der Waals surface area contributed by atoms with E-state index in [1.54, 1.807) is 26.5 Å². The second kappa shape index (κ2) is 5.16. The van der Waals surface area contributed by atoms with Gasteiger partial charge in [0.1, 0.15) is 0 Å². The fourth-order valence-electron chi connectivity index (χ4n) is 2.40. The molecular weight excluding hydrogens is 268 g/mol. The first-order chi connectivity index (χ1) is 10.1. The number of hydrogen-bond acceptors (Lipinski definition) is 5. The number of anilines is 1. The lowest BCUT2D eigenvalue weighted by Gasteiger charge is -2.27. The average Bonchev–Trinajstić information content (AvgIpc) is 2.90. The molecule has 2 aromatic rings. The predicted octanol–water partition coefficient (Wildman–Crippen LogP) is 0.773. The number of amides is 1. The van der Waals surface area contributed by atoms with Crippen LogP contribution in [0.5, 0.6) is 0 Å². The summed E-state index contributed by atoms with van der Waals surface area (Å²) < 4.78 is 0. The van der Waals surface area contributed by atoms with E-state index in [1.165, 1.54) is 4.90 Å². The topological polar surface area (TPSA) is 78.0 Å². The molecule has 3 heterocycles. The van der Waals surface area contributed by atoms with Crippen LogP contribution in [0.3, 0.4) is 0 Å². The maximum Gasteiger partial charge on any atom is 0.274 e. The van der Waals surface area contributed by atoms with Crippen molar-refractivity contribution in [3.63, 3.8) is 0 Å². The third-order valence-corrected chi connectivity index (χ3v) is 3.59. The zero-order valence-corrected chi connectivity index (χ0v) is 12.4. The summed E-state index contributed by atoms with van der Waals surface area (Å²) in [5.41, 5.74) is 3.50. The second-order valence-corrected chi connectivity index (χ2v) is 5.46. The molecule has 2 aromatic heterocycles. The molecule has 1 amide bonds. The number of carbonyl (C=O) groups is 1. The number of carbonyl (C=O) groups excluding carboxylic acids is 1. The third kappa shape index (κ3) is 2.46. The summed E-state index contributed by atoms with van der Waals surface area (Å²) in [6.45, 7) is 3.37. The molecule has 21 heavy (non-hydrogen) atoms. The van der Waals surface area contributed by atoms with E-state index < -0.39 is 0 Å². The number of rotatable bonds is 2. The molecule has 0 unspecified atom stereocenters. The first kappa shape index (κ1) is 13.5. The molecule has 0 aromatic carbocycles. The highest BCUT2D eigenvalue weighted by Crippen LogP contribution is 2.23. The number of nitrogens with one attached hydrogen (secondary N) is 1. The molecule has 1 aliphatic heterocycles. The van der Waals surface area contributed by atoms with Crippen molar-refractivity contribution < 1.29 is 4.79 Å². The van der Waals surface area contributed by atoms with Gasteiger partial charge in [-0.1, -0.05) is 0 Å². The fourth-order valence-corrected chi connectivity index (χ4v) is 2.40. The molecule has 1 N–H and O–H groups in total. The van der Waals surface area contributed by atoms with Gasteiger partial charge in [-0.25, -0.2) is 9.97 Å². The van der Waals surface area contributed by atoms with Crippen LogP contribution in [0.25, 0.3) is 0 Å². The van der Waals surface area contributed by atoms with Crippen LogP contribution >= 0.6 is 0 Å². The van der Waals surface area contributed by atoms with E-state index in [-0.39, 0.29) is 5.91 Å². The minimum atomic E-state index is -0.0841. The largest absolute Gasteiger partial charge is 0.343 e. The van der Waals surface area contributed by atoms with Gasteiger partial charge < -0.3 is 9.80 Å². The summed E-state index contributed by atoms with van der Waals surface area (Å²) in [7, 11) is 3.46. The van der Waals surface area contributed by atoms with Crippen LogP contribution in [0.2, 0.25) is 0 Å². The molecule has 0 saturated carbocycles. The van der Waals surface area contributed by atoms with Crippen molar-refractivity contribution in [3.8, 4) is 0 Å². The number of fused-ring (bicyclic) bond motifs is 1. The summed E-state index contributed by atoms with van der Waals surface area (Å²) in [6, 6.07) is 0. The Hall–Kier alpha value is -2.44. The maximum atomic E-state index is 12.2. The predicted molar refractivity (Wildman–Crippen MR) is 78.1 cm³/mol. The van der Waals surface area contributed by atoms with Crippen molar-refractivity contribution in [2.45, 2.75) is 19.9 Å². The molecule has 0 radical (unpaired) electrons. The van der Waals surface area contributed by atoms with Gasteiger partial charge in [0.05, 0.1) is 6.54 Å². The number of nitrogens with zero attached hydrogens (tertiary/aromatic N) is 5. The van der Waals surface area contributed by atoms with E-state index in [1.807, 2.05) is 6.92 Å². The van der Waals surface area contributed by atoms with Gasteiger partial charge in [-0.05, 0) is 12.5 Å². The average molecular weight is 286 g/mol. The van der Waals surface area contributed by atoms with Crippen molar-refractivity contribution in [1.82, 2.24) is 25.1 Å². The Labute approximate surface area is 123 Å². The maximum absolute atomic E-state index is 12.2. The number of H-pyrrole nitrogens is 1. The Bertz CT molecular complexity index is 661. The fraction of sp³-hybridized carbons (Fsp3) is 0.429. The van der Waals surface area contributed by atoms with Crippen molar-refractivity contribution in [2.24, 2.45) is 0 Å². The van der Waals surface area contributed by atoms with Crippen LogP contribution in [0.1, 0.15) is 27.3 Å². The van der Waals surface area contributed by atoms with Crippen molar-refractivity contribution in [3.05, 3.63) is 34.9 Å². The van der Waals surface area contributed by atoms with Crippen LogP contribution < -0.4 is 4.90 Å². The van der Waals surface area contributed by atoms with E-state index in [0.717, 1.165) is 29.8 Å². The molecule has 0 fully saturated rings. The summed E-state index contributed by atoms with van der Waals surface area (Å²) in [5, 5.41) is 7.16. The van der Waals surface area contributed by atoms with E-state index in [4.69, 9.17) is 0 Å². The van der Waals surface area contributed by atoms with Gasteiger partial charge in [-0.2, -0.15) is 5.10 Å². The molecular formula is C14H18N6O. The monoisotopic (exact) mass is 286 g/mol. The molecule has 0 atom stereocenters. The summed E-state index contributed by atoms with van der Waals surface area (Å²) >= 11 is 0. The number of hydrogen-bond donors (Lipinski definition) is 1. The highest BCUT2D eigenvalue weighted by molar-refractivity contribution is 5.93. The quantitative estimate of drug-likeness (QED) is 0.882. The first-order valence-corrected chi connectivity index (χ1v) is 6.87. The molecule has 0 saturated heterocycles. The normalized spacial score (nSPS) is 14.0. The Kier molecular flexibility index (Phi) is 3.32. The van der Waals surface area contributed by atoms with E-state index >= 15 is 0 Å². The zero-order valence-electron chi connectivity index (χ0n) is 12.4. The minimum absolute atomic E-state index is 0.0841. The summed E-state index contributed by atoms with van der Waals surface area (Å²) in [6.07, 6.45) is 4.42. The standard InChI is InChI=1S/C14H18N6O/c1-9-6-15-14(16-7-9)20-5-4-11-10(8-20)12(18-17-11)13(21)19(2)3/h6-7H,4-5,8H2,1-3H3,(H,17,18). The smallest absolute Gasteiger partial charge is 0.274 e. The molecule has 0 aliphatic carbocycles. The van der Waals surface area contributed by atoms with Gasteiger partial charge in [0, 0.05) is 50.7 Å². The first-order valence-electron chi connectivity index (χ1n) is 6.87. The van der Waals surface area contributed by atoms with Gasteiger partial charge >= 0.3 is 0 Å². The summed E-state index contributed by atoms with van der Waals surface area (Å²) in [4.78, 5) is 24.5. The summed E-state index contributed by atoms with van der Waals surface area (Å²) in [5.74, 6) is 0.606. The highest BCUT2D eigenvalue weighted by Gasteiger charge is 2.27. The van der Waals surface area contributed by atoms with Crippen LogP contribution in [0.4, 0.5) is 5.95 Å². The SMILES string of the molecule is Cc1cnc(N2CCc3[nH]nc(C(=O)N(C)C)c3C2)nc1. The van der Waals surface area contributed by atoms with E-state index in [2.05, 4.69) is 25.1 Å². The molecule has 0 spiro atoms. The van der Waals surface area contributed by atoms with Crippen LogP contribution in [-0.4, -0.2) is 51.6 Å². The molecule has 1 aliphatic rings. The van der Waals surface area contributed by atoms with Crippen LogP contribution in [-0.2, 0) is 13.0 Å². The lowest BCUT2D eigenvalue weighted by atomic mass is 10.1. The number of aromatic nitrogens is 4. The van der Waals surface area contributed by atoms with Crippen LogP contribution in [0, 0.1) is 6.92 Å². The Morgan fingerprint density at radius 2 is 2.05 bits per heavy atom. The van der Waals surface area contributed by atoms with Gasteiger partial charge in [0.15, 0.2) is 5.69 Å². The Morgan fingerprint density at radius 3 is 2.71 bits per heavy atom. The molecule has 7 nitrogen and oxygen atoms in total. The van der Waals surface area contributed by atoms with Crippen molar-refractivity contribution >= 4 is 11.9 Å². The second-order valence-electron chi connectivity index (χ2n) is 5.46. The molecule has 0 bridgehead atoms.